The third-order valence-electron chi connectivity index (χ3n) is 5.19. The Kier molecular flexibility index (Phi) is 7.40. The molecule has 2 heterocycles. The van der Waals surface area contributed by atoms with Crippen molar-refractivity contribution in [2.75, 3.05) is 13.2 Å². The van der Waals surface area contributed by atoms with E-state index in [0.29, 0.717) is 33.5 Å². The molecule has 0 amide bonds. The minimum atomic E-state index is 0.164. The fourth-order valence-electron chi connectivity index (χ4n) is 4.89. The molecular weight excluding hydrogens is 376 g/mol. The van der Waals surface area contributed by atoms with E-state index in [1.807, 2.05) is 0 Å². The molecule has 2 aliphatic rings. The molecular formula is C22H42O3S2. The fourth-order valence-corrected chi connectivity index (χ4v) is 7.00. The lowest BCUT2D eigenvalue weighted by molar-refractivity contribution is 0.185. The standard InChI is InChI=1S/C22H42O3S2/c1-19(2,3)13-21(7,8)17(15-11-23-15)26-25-27-18(16-12-24-16)22(9,10)14-20(4,5)6/h15-18H,11-14H2,1-10H3. The van der Waals surface area contributed by atoms with E-state index in [1.54, 1.807) is 24.1 Å². The highest BCUT2D eigenvalue weighted by Gasteiger charge is 2.48. The van der Waals surface area contributed by atoms with Crippen LogP contribution in [0.15, 0.2) is 0 Å². The van der Waals surface area contributed by atoms with Crippen LogP contribution in [-0.4, -0.2) is 35.9 Å². The summed E-state index contributed by atoms with van der Waals surface area (Å²) in [4.78, 5) is 0. The van der Waals surface area contributed by atoms with Crippen LogP contribution in [0.5, 0.6) is 0 Å². The van der Waals surface area contributed by atoms with Crippen LogP contribution in [-0.2, 0) is 13.1 Å². The quantitative estimate of drug-likeness (QED) is 0.289. The van der Waals surface area contributed by atoms with Gasteiger partial charge in [-0.1, -0.05) is 69.2 Å². The van der Waals surface area contributed by atoms with Gasteiger partial charge < -0.3 is 9.47 Å². The van der Waals surface area contributed by atoms with Gasteiger partial charge in [0.25, 0.3) is 0 Å². The molecule has 0 aromatic heterocycles. The third-order valence-corrected chi connectivity index (χ3v) is 8.12. The lowest BCUT2D eigenvalue weighted by atomic mass is 9.73. The van der Waals surface area contributed by atoms with E-state index in [4.69, 9.17) is 13.1 Å². The number of hydrogen-bond acceptors (Lipinski definition) is 5. The van der Waals surface area contributed by atoms with E-state index in [-0.39, 0.29) is 10.8 Å². The normalized spacial score (nSPS) is 26.0. The minimum absolute atomic E-state index is 0.164. The Morgan fingerprint density at radius 3 is 1.22 bits per heavy atom. The van der Waals surface area contributed by atoms with Crippen molar-refractivity contribution in [3.63, 3.8) is 0 Å². The van der Waals surface area contributed by atoms with E-state index < -0.39 is 0 Å². The summed E-state index contributed by atoms with van der Waals surface area (Å²) in [6, 6.07) is 0. The van der Waals surface area contributed by atoms with Crippen LogP contribution in [0.4, 0.5) is 0 Å². The van der Waals surface area contributed by atoms with E-state index in [9.17, 15) is 0 Å². The summed E-state index contributed by atoms with van der Waals surface area (Å²) in [6.07, 6.45) is 2.95. The molecule has 160 valence electrons. The molecule has 0 saturated carbocycles. The van der Waals surface area contributed by atoms with E-state index in [2.05, 4.69) is 69.2 Å². The average molecular weight is 419 g/mol. The summed E-state index contributed by atoms with van der Waals surface area (Å²) in [7, 11) is 0. The van der Waals surface area contributed by atoms with Crippen molar-refractivity contribution < 1.29 is 13.1 Å². The summed E-state index contributed by atoms with van der Waals surface area (Å²) in [5.74, 6) is 0. The highest BCUT2D eigenvalue weighted by Crippen LogP contribution is 2.50. The fraction of sp³-hybridized carbons (Fsp3) is 1.00. The van der Waals surface area contributed by atoms with Crippen LogP contribution in [0.3, 0.4) is 0 Å². The Bertz CT molecular complexity index is 439. The largest absolute Gasteiger partial charge is 0.372 e. The molecule has 2 fully saturated rings. The van der Waals surface area contributed by atoms with Crippen molar-refractivity contribution in [1.82, 2.24) is 0 Å². The van der Waals surface area contributed by atoms with E-state index in [1.165, 1.54) is 0 Å². The zero-order chi connectivity index (χ0) is 20.7. The maximum absolute atomic E-state index is 6.24. The van der Waals surface area contributed by atoms with Gasteiger partial charge in [-0.3, -0.25) is 0 Å². The molecule has 4 atom stereocenters. The topological polar surface area (TPSA) is 34.3 Å². The first-order chi connectivity index (χ1) is 12.1. The summed E-state index contributed by atoms with van der Waals surface area (Å²) in [6.45, 7) is 25.1. The Morgan fingerprint density at radius 1 is 0.704 bits per heavy atom. The molecule has 0 bridgehead atoms. The lowest BCUT2D eigenvalue weighted by Crippen LogP contribution is -2.36. The summed E-state index contributed by atoms with van der Waals surface area (Å²) in [5.41, 5.74) is 0.918. The molecule has 5 heteroatoms. The SMILES string of the molecule is CC(C)(C)CC(C)(C)C(SOSC(C1CO1)C(C)(C)CC(C)(C)C)C1CO1. The van der Waals surface area contributed by atoms with Crippen LogP contribution >= 0.6 is 24.1 Å². The third kappa shape index (κ3) is 8.08. The second-order valence-electron chi connectivity index (χ2n) is 12.3. The zero-order valence-corrected chi connectivity index (χ0v) is 20.8. The van der Waals surface area contributed by atoms with Gasteiger partial charge in [-0.15, -0.1) is 0 Å². The monoisotopic (exact) mass is 418 g/mol. The Labute approximate surface area is 176 Å². The van der Waals surface area contributed by atoms with Crippen molar-refractivity contribution in [2.24, 2.45) is 21.7 Å². The van der Waals surface area contributed by atoms with E-state index >= 15 is 0 Å². The van der Waals surface area contributed by atoms with Crippen molar-refractivity contribution in [3.8, 4) is 0 Å². The van der Waals surface area contributed by atoms with Crippen LogP contribution < -0.4 is 0 Å². The van der Waals surface area contributed by atoms with Gasteiger partial charge in [0.2, 0.25) is 0 Å². The predicted molar refractivity (Wildman–Crippen MR) is 119 cm³/mol. The van der Waals surface area contributed by atoms with Crippen LogP contribution in [0, 0.1) is 21.7 Å². The number of ether oxygens (including phenoxy) is 2. The molecule has 2 rings (SSSR count). The van der Waals surface area contributed by atoms with Gasteiger partial charge in [-0.2, -0.15) is 0 Å². The number of epoxide rings is 2. The highest BCUT2D eigenvalue weighted by molar-refractivity contribution is 8.08. The zero-order valence-electron chi connectivity index (χ0n) is 19.2. The van der Waals surface area contributed by atoms with Crippen molar-refractivity contribution in [3.05, 3.63) is 0 Å². The lowest BCUT2D eigenvalue weighted by Gasteiger charge is -2.39. The molecule has 2 aliphatic heterocycles. The molecule has 0 N–H and O–H groups in total. The van der Waals surface area contributed by atoms with Crippen LogP contribution in [0.1, 0.15) is 82.1 Å². The molecule has 0 spiro atoms. The van der Waals surface area contributed by atoms with Gasteiger partial charge in [0.05, 0.1) is 35.9 Å². The second kappa shape index (κ2) is 8.37. The first kappa shape index (κ1) is 23.9. The smallest absolute Gasteiger partial charge is 0.0956 e. The average Bonchev–Trinajstić information content (AvgIpc) is 3.26. The second-order valence-corrected chi connectivity index (χ2v) is 14.2. The minimum Gasteiger partial charge on any atom is -0.372 e. The van der Waals surface area contributed by atoms with Crippen LogP contribution in [0.2, 0.25) is 0 Å². The van der Waals surface area contributed by atoms with Gasteiger partial charge in [0.1, 0.15) is 0 Å². The molecule has 0 aliphatic carbocycles. The maximum Gasteiger partial charge on any atom is 0.0956 e. The number of hydrogen-bond donors (Lipinski definition) is 0. The first-order valence-electron chi connectivity index (χ1n) is 10.3. The van der Waals surface area contributed by atoms with Crippen molar-refractivity contribution in [2.45, 2.75) is 105 Å². The van der Waals surface area contributed by atoms with Gasteiger partial charge in [-0.05, 0) is 34.5 Å². The maximum atomic E-state index is 6.24. The summed E-state index contributed by atoms with van der Waals surface area (Å²) < 4.78 is 17.6. The van der Waals surface area contributed by atoms with Crippen molar-refractivity contribution in [1.29, 1.82) is 0 Å². The Morgan fingerprint density at radius 2 is 1.00 bits per heavy atom. The molecule has 0 radical (unpaired) electrons. The summed E-state index contributed by atoms with van der Waals surface area (Å²) >= 11 is 3.26. The van der Waals surface area contributed by atoms with Crippen molar-refractivity contribution >= 4 is 24.1 Å². The van der Waals surface area contributed by atoms with Crippen LogP contribution in [0.25, 0.3) is 0 Å². The highest BCUT2D eigenvalue weighted by atomic mass is 32.2. The molecule has 4 unspecified atom stereocenters. The Hall–Kier alpha value is 0.580. The molecule has 3 nitrogen and oxygen atoms in total. The molecule has 0 aromatic carbocycles. The first-order valence-corrected chi connectivity index (χ1v) is 11.9. The molecule has 2 saturated heterocycles. The van der Waals surface area contributed by atoms with Gasteiger partial charge in [0, 0.05) is 24.1 Å². The Balaban J connectivity index is 1.96. The van der Waals surface area contributed by atoms with Gasteiger partial charge in [-0.25, -0.2) is 3.63 Å². The number of rotatable bonds is 10. The molecule has 27 heavy (non-hydrogen) atoms. The predicted octanol–water partition coefficient (Wildman–Crippen LogP) is 6.76. The van der Waals surface area contributed by atoms with Gasteiger partial charge >= 0.3 is 0 Å². The van der Waals surface area contributed by atoms with E-state index in [0.717, 1.165) is 26.1 Å². The molecule has 0 aromatic rings. The summed E-state index contributed by atoms with van der Waals surface area (Å²) in [5, 5.41) is 0.714. The van der Waals surface area contributed by atoms with Gasteiger partial charge in [0.15, 0.2) is 0 Å².